The lowest BCUT2D eigenvalue weighted by Gasteiger charge is -2.10. The van der Waals surface area contributed by atoms with E-state index in [1.807, 2.05) is 34.6 Å². The first-order valence-corrected chi connectivity index (χ1v) is 5.19. The Labute approximate surface area is 90.7 Å². The first-order valence-electron chi connectivity index (χ1n) is 4.82. The van der Waals surface area contributed by atoms with Crippen LogP contribution in [-0.2, 0) is 0 Å². The number of nitrogens with two attached hydrogens (primary N) is 1. The number of nitrogen functional groups attached to an aromatic ring is 1. The van der Waals surface area contributed by atoms with E-state index in [0.717, 1.165) is 11.3 Å². The van der Waals surface area contributed by atoms with E-state index < -0.39 is 0 Å². The van der Waals surface area contributed by atoms with Gasteiger partial charge in [0.1, 0.15) is 5.15 Å². The van der Waals surface area contributed by atoms with Gasteiger partial charge < -0.3 is 5.73 Å². The quantitative estimate of drug-likeness (QED) is 0.733. The zero-order valence-electron chi connectivity index (χ0n) is 9.43. The van der Waals surface area contributed by atoms with Gasteiger partial charge in [-0.3, -0.25) is 0 Å². The van der Waals surface area contributed by atoms with Gasteiger partial charge in [-0.05, 0) is 12.8 Å². The molecule has 0 atom stereocenters. The van der Waals surface area contributed by atoms with E-state index in [1.165, 1.54) is 0 Å². The molecule has 0 fully saturated rings. The molecule has 1 rings (SSSR count). The van der Waals surface area contributed by atoms with E-state index in [4.69, 9.17) is 17.3 Å². The standard InChI is InChI=1S/C8H12ClN3.C2H6/c1-4(2)6-5(3)11-8(10)12-7(6)9;1-2/h4H,1-3H3,(H2,10,11,12);1-2H3. The molecule has 0 radical (unpaired) electrons. The molecule has 80 valence electrons. The van der Waals surface area contributed by atoms with Gasteiger partial charge in [-0.2, -0.15) is 0 Å². The van der Waals surface area contributed by atoms with Gasteiger partial charge in [0, 0.05) is 11.3 Å². The van der Waals surface area contributed by atoms with Crippen molar-refractivity contribution in [2.45, 2.75) is 40.5 Å². The fraction of sp³-hybridized carbons (Fsp3) is 0.600. The second-order valence-electron chi connectivity index (χ2n) is 3.03. The molecule has 1 aromatic heterocycles. The van der Waals surface area contributed by atoms with Crippen LogP contribution in [0.2, 0.25) is 5.15 Å². The van der Waals surface area contributed by atoms with Gasteiger partial charge in [0.15, 0.2) is 0 Å². The monoisotopic (exact) mass is 215 g/mol. The Balaban J connectivity index is 0.000000791. The minimum absolute atomic E-state index is 0.238. The summed E-state index contributed by atoms with van der Waals surface area (Å²) in [6.07, 6.45) is 0. The van der Waals surface area contributed by atoms with E-state index in [1.54, 1.807) is 0 Å². The molecule has 0 saturated carbocycles. The lowest BCUT2D eigenvalue weighted by atomic mass is 10.0. The molecule has 1 heterocycles. The zero-order valence-corrected chi connectivity index (χ0v) is 10.2. The summed E-state index contributed by atoms with van der Waals surface area (Å²) in [5.41, 5.74) is 7.26. The van der Waals surface area contributed by atoms with Gasteiger partial charge in [-0.25, -0.2) is 9.97 Å². The van der Waals surface area contributed by atoms with Crippen LogP contribution in [0.4, 0.5) is 5.95 Å². The van der Waals surface area contributed by atoms with Crippen molar-refractivity contribution in [3.8, 4) is 0 Å². The van der Waals surface area contributed by atoms with Crippen LogP contribution >= 0.6 is 11.6 Å². The molecule has 0 aliphatic heterocycles. The topological polar surface area (TPSA) is 51.8 Å². The molecule has 0 aromatic carbocycles. The summed E-state index contributed by atoms with van der Waals surface area (Å²) in [4.78, 5) is 7.93. The number of anilines is 1. The normalized spacial score (nSPS) is 9.64. The van der Waals surface area contributed by atoms with Crippen molar-refractivity contribution in [3.05, 3.63) is 16.4 Å². The van der Waals surface area contributed by atoms with Crippen LogP contribution in [-0.4, -0.2) is 9.97 Å². The Morgan fingerprint density at radius 1 is 1.21 bits per heavy atom. The van der Waals surface area contributed by atoms with Crippen molar-refractivity contribution in [3.63, 3.8) is 0 Å². The fourth-order valence-corrected chi connectivity index (χ4v) is 1.66. The van der Waals surface area contributed by atoms with E-state index >= 15 is 0 Å². The number of hydrogen-bond acceptors (Lipinski definition) is 3. The number of hydrogen-bond donors (Lipinski definition) is 1. The van der Waals surface area contributed by atoms with Crippen molar-refractivity contribution >= 4 is 17.5 Å². The van der Waals surface area contributed by atoms with Gasteiger partial charge in [-0.15, -0.1) is 0 Å². The lowest BCUT2D eigenvalue weighted by molar-refractivity contribution is 0.832. The van der Waals surface area contributed by atoms with Crippen LogP contribution in [0.25, 0.3) is 0 Å². The second kappa shape index (κ2) is 5.81. The molecule has 0 aliphatic carbocycles. The highest BCUT2D eigenvalue weighted by Crippen LogP contribution is 2.24. The van der Waals surface area contributed by atoms with Crippen LogP contribution in [0, 0.1) is 6.92 Å². The van der Waals surface area contributed by atoms with Crippen molar-refractivity contribution in [2.75, 3.05) is 5.73 Å². The summed E-state index contributed by atoms with van der Waals surface area (Å²) in [7, 11) is 0. The number of aromatic nitrogens is 2. The average Bonchev–Trinajstić information content (AvgIpc) is 2.04. The highest BCUT2D eigenvalue weighted by molar-refractivity contribution is 6.30. The first-order chi connectivity index (χ1) is 6.52. The molecule has 0 bridgehead atoms. The van der Waals surface area contributed by atoms with Crippen LogP contribution in [0.5, 0.6) is 0 Å². The third-order valence-corrected chi connectivity index (χ3v) is 1.97. The zero-order chi connectivity index (χ0) is 11.3. The molecule has 14 heavy (non-hydrogen) atoms. The Kier molecular flexibility index (Phi) is 5.46. The fourth-order valence-electron chi connectivity index (χ4n) is 1.22. The molecular weight excluding hydrogens is 198 g/mol. The van der Waals surface area contributed by atoms with Crippen LogP contribution < -0.4 is 5.73 Å². The predicted molar refractivity (Wildman–Crippen MR) is 61.6 cm³/mol. The summed E-state index contributed by atoms with van der Waals surface area (Å²) >= 11 is 5.90. The number of nitrogens with zero attached hydrogens (tertiary/aromatic N) is 2. The van der Waals surface area contributed by atoms with Crippen LogP contribution in [0.1, 0.15) is 44.9 Å². The summed E-state index contributed by atoms with van der Waals surface area (Å²) in [5, 5.41) is 0.468. The number of halogens is 1. The van der Waals surface area contributed by atoms with Gasteiger partial charge in [0.25, 0.3) is 0 Å². The summed E-state index contributed by atoms with van der Waals surface area (Å²) < 4.78 is 0. The average molecular weight is 216 g/mol. The molecule has 1 aromatic rings. The van der Waals surface area contributed by atoms with E-state index in [9.17, 15) is 0 Å². The number of rotatable bonds is 1. The molecule has 0 saturated heterocycles. The summed E-state index contributed by atoms with van der Waals surface area (Å²) in [6.45, 7) is 9.99. The van der Waals surface area contributed by atoms with E-state index in [2.05, 4.69) is 9.97 Å². The number of aryl methyl sites for hydroxylation is 1. The third-order valence-electron chi connectivity index (χ3n) is 1.68. The maximum absolute atomic E-state index is 5.90. The molecular formula is C10H18ClN3. The summed E-state index contributed by atoms with van der Waals surface area (Å²) in [5.74, 6) is 0.569. The molecule has 2 N–H and O–H groups in total. The van der Waals surface area contributed by atoms with Gasteiger partial charge >= 0.3 is 0 Å². The smallest absolute Gasteiger partial charge is 0.221 e. The minimum atomic E-state index is 0.238. The maximum atomic E-state index is 5.90. The Morgan fingerprint density at radius 2 is 1.71 bits per heavy atom. The maximum Gasteiger partial charge on any atom is 0.221 e. The van der Waals surface area contributed by atoms with E-state index in [0.29, 0.717) is 11.1 Å². The Bertz CT molecular complexity index is 274. The molecule has 0 spiro atoms. The molecule has 0 unspecified atom stereocenters. The van der Waals surface area contributed by atoms with Crippen molar-refractivity contribution < 1.29 is 0 Å². The second-order valence-corrected chi connectivity index (χ2v) is 3.38. The third kappa shape index (κ3) is 3.14. The van der Waals surface area contributed by atoms with Gasteiger partial charge in [-0.1, -0.05) is 39.3 Å². The molecule has 3 nitrogen and oxygen atoms in total. The Hall–Kier alpha value is -0.830. The SMILES string of the molecule is CC.Cc1nc(N)nc(Cl)c1C(C)C. The minimum Gasteiger partial charge on any atom is -0.368 e. The lowest BCUT2D eigenvalue weighted by Crippen LogP contribution is -2.03. The van der Waals surface area contributed by atoms with Crippen molar-refractivity contribution in [1.29, 1.82) is 0 Å². The van der Waals surface area contributed by atoms with E-state index in [-0.39, 0.29) is 5.95 Å². The Morgan fingerprint density at radius 3 is 2.07 bits per heavy atom. The molecule has 0 amide bonds. The van der Waals surface area contributed by atoms with Gasteiger partial charge in [0.05, 0.1) is 0 Å². The van der Waals surface area contributed by atoms with Crippen LogP contribution in [0.15, 0.2) is 0 Å². The first kappa shape index (κ1) is 13.2. The highest BCUT2D eigenvalue weighted by atomic mass is 35.5. The largest absolute Gasteiger partial charge is 0.368 e. The van der Waals surface area contributed by atoms with Gasteiger partial charge in [0.2, 0.25) is 5.95 Å². The van der Waals surface area contributed by atoms with Crippen molar-refractivity contribution in [1.82, 2.24) is 9.97 Å². The molecule has 4 heteroatoms. The van der Waals surface area contributed by atoms with Crippen LogP contribution in [0.3, 0.4) is 0 Å². The molecule has 0 aliphatic rings. The summed E-state index contributed by atoms with van der Waals surface area (Å²) in [6, 6.07) is 0. The van der Waals surface area contributed by atoms with Crippen molar-refractivity contribution in [2.24, 2.45) is 0 Å². The predicted octanol–water partition coefficient (Wildman–Crippen LogP) is 3.17. The highest BCUT2D eigenvalue weighted by Gasteiger charge is 2.11.